The number of nitrogens with zero attached hydrogens (tertiary/aromatic N) is 2. The second-order valence-corrected chi connectivity index (χ2v) is 3.19. The van der Waals surface area contributed by atoms with E-state index >= 15 is 0 Å². The Hall–Kier alpha value is -1.39. The number of hydrogen-bond donors (Lipinski definition) is 2. The summed E-state index contributed by atoms with van der Waals surface area (Å²) >= 11 is 0. The van der Waals surface area contributed by atoms with Crippen LogP contribution in [0.2, 0.25) is 0 Å². The molecular formula is C7H11N3O2. The molecule has 66 valence electrons. The minimum atomic E-state index is -0.975. The maximum Gasteiger partial charge on any atom is 0.315 e. The number of hydrogen-bond acceptors (Lipinski definition) is 3. The van der Waals surface area contributed by atoms with E-state index in [1.54, 1.807) is 20.8 Å². The average Bonchev–Trinajstić information content (AvgIpc) is 2.35. The van der Waals surface area contributed by atoms with Gasteiger partial charge in [-0.3, -0.25) is 4.79 Å². The van der Waals surface area contributed by atoms with E-state index in [1.165, 1.54) is 0 Å². The van der Waals surface area contributed by atoms with Crippen molar-refractivity contribution in [2.75, 3.05) is 0 Å². The zero-order chi connectivity index (χ0) is 9.35. The van der Waals surface area contributed by atoms with E-state index < -0.39 is 11.4 Å². The summed E-state index contributed by atoms with van der Waals surface area (Å²) < 4.78 is 0. The third kappa shape index (κ3) is 1.17. The highest BCUT2D eigenvalue weighted by molar-refractivity contribution is 5.79. The minimum Gasteiger partial charge on any atom is -0.481 e. The highest BCUT2D eigenvalue weighted by Gasteiger charge is 2.33. The van der Waals surface area contributed by atoms with E-state index in [1.807, 2.05) is 0 Å². The van der Waals surface area contributed by atoms with Crippen LogP contribution in [0.3, 0.4) is 0 Å². The molecule has 0 unspecified atom stereocenters. The number of aliphatic carboxylic acids is 1. The van der Waals surface area contributed by atoms with Gasteiger partial charge in [0.05, 0.1) is 5.69 Å². The first-order valence-electron chi connectivity index (χ1n) is 3.57. The van der Waals surface area contributed by atoms with Gasteiger partial charge in [0, 0.05) is 0 Å². The maximum atomic E-state index is 10.8. The fraction of sp³-hybridized carbons (Fsp3) is 0.571. The predicted molar refractivity (Wildman–Crippen MR) is 41.8 cm³/mol. The van der Waals surface area contributed by atoms with Crippen molar-refractivity contribution in [1.82, 2.24) is 15.4 Å². The Kier molecular flexibility index (Phi) is 1.87. The lowest BCUT2D eigenvalue weighted by Crippen LogP contribution is -2.29. The van der Waals surface area contributed by atoms with Crippen LogP contribution in [-0.4, -0.2) is 26.5 Å². The zero-order valence-electron chi connectivity index (χ0n) is 7.25. The van der Waals surface area contributed by atoms with E-state index in [2.05, 4.69) is 15.4 Å². The summed E-state index contributed by atoms with van der Waals surface area (Å²) in [5.74, 6) is -0.903. The van der Waals surface area contributed by atoms with Crippen LogP contribution >= 0.6 is 0 Å². The van der Waals surface area contributed by atoms with Gasteiger partial charge in [0.2, 0.25) is 0 Å². The second kappa shape index (κ2) is 2.58. The molecule has 0 aromatic carbocycles. The van der Waals surface area contributed by atoms with Gasteiger partial charge in [-0.25, -0.2) is 0 Å². The Morgan fingerprint density at radius 3 is 2.42 bits per heavy atom. The molecule has 1 rings (SSSR count). The number of aryl methyl sites for hydroxylation is 1. The number of carbonyl (C=O) groups is 1. The first kappa shape index (κ1) is 8.70. The van der Waals surface area contributed by atoms with E-state index in [-0.39, 0.29) is 0 Å². The molecule has 5 nitrogen and oxygen atoms in total. The van der Waals surface area contributed by atoms with Crippen molar-refractivity contribution in [2.24, 2.45) is 0 Å². The maximum absolute atomic E-state index is 10.8. The molecule has 0 aliphatic rings. The number of aromatic amines is 1. The molecule has 0 fully saturated rings. The fourth-order valence-electron chi connectivity index (χ4n) is 0.977. The molecular weight excluding hydrogens is 158 g/mol. The van der Waals surface area contributed by atoms with Crippen molar-refractivity contribution in [3.8, 4) is 0 Å². The lowest BCUT2D eigenvalue weighted by Gasteiger charge is -2.15. The summed E-state index contributed by atoms with van der Waals surface area (Å²) in [6.45, 7) is 4.92. The lowest BCUT2D eigenvalue weighted by molar-refractivity contribution is -0.142. The van der Waals surface area contributed by atoms with Crippen molar-refractivity contribution >= 4 is 5.97 Å². The van der Waals surface area contributed by atoms with E-state index in [9.17, 15) is 4.79 Å². The molecule has 0 aliphatic heterocycles. The first-order chi connectivity index (χ1) is 5.46. The molecule has 1 aromatic heterocycles. The number of aromatic nitrogens is 3. The topological polar surface area (TPSA) is 78.9 Å². The molecule has 1 aromatic rings. The average molecular weight is 169 g/mol. The van der Waals surface area contributed by atoms with E-state index in [0.29, 0.717) is 11.4 Å². The van der Waals surface area contributed by atoms with E-state index in [4.69, 9.17) is 5.11 Å². The molecule has 0 spiro atoms. The van der Waals surface area contributed by atoms with Gasteiger partial charge in [-0.2, -0.15) is 15.4 Å². The molecule has 0 saturated carbocycles. The van der Waals surface area contributed by atoms with Crippen LogP contribution in [0.25, 0.3) is 0 Å². The standard InChI is InChI=1S/C7H11N3O2/c1-4-5(9-10-8-4)7(2,3)6(11)12/h1-3H3,(H,11,12)(H,8,9,10). The molecule has 0 atom stereocenters. The number of carboxylic acid groups (broad SMARTS) is 1. The summed E-state index contributed by atoms with van der Waals surface area (Å²) in [6, 6.07) is 0. The van der Waals surface area contributed by atoms with Crippen LogP contribution in [-0.2, 0) is 10.2 Å². The van der Waals surface area contributed by atoms with Crippen molar-refractivity contribution in [3.63, 3.8) is 0 Å². The molecule has 5 heteroatoms. The quantitative estimate of drug-likeness (QED) is 0.674. The van der Waals surface area contributed by atoms with Crippen LogP contribution in [0, 0.1) is 6.92 Å². The normalized spacial score (nSPS) is 11.6. The number of nitrogens with one attached hydrogen (secondary N) is 1. The van der Waals surface area contributed by atoms with Gasteiger partial charge in [0.15, 0.2) is 0 Å². The Morgan fingerprint density at radius 2 is 2.08 bits per heavy atom. The molecule has 12 heavy (non-hydrogen) atoms. The van der Waals surface area contributed by atoms with Gasteiger partial charge in [-0.1, -0.05) is 0 Å². The highest BCUT2D eigenvalue weighted by atomic mass is 16.4. The van der Waals surface area contributed by atoms with Crippen molar-refractivity contribution in [1.29, 1.82) is 0 Å². The Bertz CT molecular complexity index is 303. The molecule has 0 aliphatic carbocycles. The second-order valence-electron chi connectivity index (χ2n) is 3.19. The number of rotatable bonds is 2. The summed E-state index contributed by atoms with van der Waals surface area (Å²) in [6.07, 6.45) is 0. The van der Waals surface area contributed by atoms with Gasteiger partial charge < -0.3 is 5.11 Å². The van der Waals surface area contributed by atoms with E-state index in [0.717, 1.165) is 0 Å². The van der Waals surface area contributed by atoms with Gasteiger partial charge in [0.1, 0.15) is 11.1 Å². The van der Waals surface area contributed by atoms with Crippen LogP contribution in [0.15, 0.2) is 0 Å². The Balaban J connectivity index is 3.13. The van der Waals surface area contributed by atoms with Crippen LogP contribution in [0.4, 0.5) is 0 Å². The van der Waals surface area contributed by atoms with Crippen LogP contribution < -0.4 is 0 Å². The number of H-pyrrole nitrogens is 1. The lowest BCUT2D eigenvalue weighted by atomic mass is 9.88. The van der Waals surface area contributed by atoms with Gasteiger partial charge in [-0.15, -0.1) is 0 Å². The number of carboxylic acids is 1. The van der Waals surface area contributed by atoms with Gasteiger partial charge in [-0.05, 0) is 20.8 Å². The third-order valence-electron chi connectivity index (χ3n) is 1.85. The predicted octanol–water partition coefficient (Wildman–Crippen LogP) is 0.475. The van der Waals surface area contributed by atoms with Crippen molar-refractivity contribution < 1.29 is 9.90 Å². The molecule has 0 amide bonds. The molecule has 0 bridgehead atoms. The summed E-state index contributed by atoms with van der Waals surface area (Å²) in [4.78, 5) is 10.8. The van der Waals surface area contributed by atoms with Crippen LogP contribution in [0.1, 0.15) is 25.2 Å². The van der Waals surface area contributed by atoms with Crippen molar-refractivity contribution in [3.05, 3.63) is 11.4 Å². The fourth-order valence-corrected chi connectivity index (χ4v) is 0.977. The zero-order valence-corrected chi connectivity index (χ0v) is 7.25. The highest BCUT2D eigenvalue weighted by Crippen LogP contribution is 2.22. The molecule has 0 saturated heterocycles. The monoisotopic (exact) mass is 169 g/mol. The largest absolute Gasteiger partial charge is 0.481 e. The Labute approximate surface area is 69.8 Å². The third-order valence-corrected chi connectivity index (χ3v) is 1.85. The first-order valence-corrected chi connectivity index (χ1v) is 3.57. The van der Waals surface area contributed by atoms with Crippen LogP contribution in [0.5, 0.6) is 0 Å². The molecule has 0 radical (unpaired) electrons. The smallest absolute Gasteiger partial charge is 0.315 e. The molecule has 2 N–H and O–H groups in total. The Morgan fingerprint density at radius 1 is 1.50 bits per heavy atom. The summed E-state index contributed by atoms with van der Waals surface area (Å²) in [7, 11) is 0. The minimum absolute atomic E-state index is 0.481. The van der Waals surface area contributed by atoms with Gasteiger partial charge >= 0.3 is 5.97 Å². The SMILES string of the molecule is Cc1n[nH]nc1C(C)(C)C(=O)O. The van der Waals surface area contributed by atoms with Crippen molar-refractivity contribution in [2.45, 2.75) is 26.2 Å². The van der Waals surface area contributed by atoms with Gasteiger partial charge in [0.25, 0.3) is 0 Å². The molecule has 1 heterocycles. The summed E-state index contributed by atoms with van der Waals surface area (Å²) in [5.41, 5.74) is 0.134. The summed E-state index contributed by atoms with van der Waals surface area (Å²) in [5, 5.41) is 18.8.